The minimum atomic E-state index is -4.41. The van der Waals surface area contributed by atoms with Crippen LogP contribution in [-0.4, -0.2) is 6.18 Å². The van der Waals surface area contributed by atoms with Crippen LogP contribution in [0.4, 0.5) is 27.6 Å². The molecule has 1 atom stereocenters. The summed E-state index contributed by atoms with van der Waals surface area (Å²) in [5, 5.41) is 2.49. The molecule has 0 aromatic heterocycles. The largest absolute Gasteiger partial charge is 0.391 e. The van der Waals surface area contributed by atoms with Crippen molar-refractivity contribution >= 4 is 5.69 Å². The van der Waals surface area contributed by atoms with Crippen LogP contribution in [-0.2, 0) is 0 Å². The van der Waals surface area contributed by atoms with E-state index in [2.05, 4.69) is 5.32 Å². The van der Waals surface area contributed by atoms with Crippen molar-refractivity contribution in [1.82, 2.24) is 0 Å². The van der Waals surface area contributed by atoms with Crippen LogP contribution in [0.15, 0.2) is 48.5 Å². The van der Waals surface area contributed by atoms with E-state index in [1.54, 1.807) is 18.2 Å². The number of rotatable bonds is 4. The van der Waals surface area contributed by atoms with Gasteiger partial charge >= 0.3 is 6.18 Å². The first-order valence-electron chi connectivity index (χ1n) is 6.18. The lowest BCUT2D eigenvalue weighted by Crippen LogP contribution is -2.20. The summed E-state index contributed by atoms with van der Waals surface area (Å²) >= 11 is 0. The molecule has 0 fully saturated rings. The molecule has 21 heavy (non-hydrogen) atoms. The minimum Gasteiger partial charge on any atom is -0.376 e. The SMILES string of the molecule is Fc1ccc(NC(CC(F)(F)F)c2ccccc2)c(F)c1. The predicted molar refractivity (Wildman–Crippen MR) is 69.8 cm³/mol. The Kier molecular flexibility index (Phi) is 4.45. The van der Waals surface area contributed by atoms with Crippen molar-refractivity contribution < 1.29 is 22.0 Å². The Balaban J connectivity index is 2.28. The van der Waals surface area contributed by atoms with Crippen LogP contribution in [0.1, 0.15) is 18.0 Å². The Bertz CT molecular complexity index is 595. The second-order valence-corrected chi connectivity index (χ2v) is 4.55. The van der Waals surface area contributed by atoms with Gasteiger partial charge in [0, 0.05) is 6.07 Å². The van der Waals surface area contributed by atoms with Crippen LogP contribution in [0.25, 0.3) is 0 Å². The van der Waals surface area contributed by atoms with Crippen LogP contribution in [0.2, 0.25) is 0 Å². The number of alkyl halides is 3. The summed E-state index contributed by atoms with van der Waals surface area (Å²) in [5.74, 6) is -1.72. The van der Waals surface area contributed by atoms with Gasteiger partial charge in [-0.3, -0.25) is 0 Å². The van der Waals surface area contributed by atoms with Gasteiger partial charge in [-0.1, -0.05) is 30.3 Å². The van der Waals surface area contributed by atoms with E-state index in [-0.39, 0.29) is 5.69 Å². The minimum absolute atomic E-state index is 0.172. The van der Waals surface area contributed by atoms with Gasteiger partial charge in [-0.15, -0.1) is 0 Å². The quantitative estimate of drug-likeness (QED) is 0.777. The van der Waals surface area contributed by atoms with E-state index in [4.69, 9.17) is 0 Å². The van der Waals surface area contributed by atoms with Gasteiger partial charge in [-0.05, 0) is 17.7 Å². The molecule has 6 heteroatoms. The number of hydrogen-bond donors (Lipinski definition) is 1. The molecule has 0 amide bonds. The van der Waals surface area contributed by atoms with Crippen molar-refractivity contribution in [2.45, 2.75) is 18.6 Å². The summed E-state index contributed by atoms with van der Waals surface area (Å²) in [4.78, 5) is 0. The highest BCUT2D eigenvalue weighted by Gasteiger charge is 2.33. The fraction of sp³-hybridized carbons (Fsp3) is 0.200. The summed E-state index contributed by atoms with van der Waals surface area (Å²) in [7, 11) is 0. The Labute approximate surface area is 118 Å². The maximum absolute atomic E-state index is 13.6. The molecule has 1 nitrogen and oxygen atoms in total. The van der Waals surface area contributed by atoms with Crippen molar-refractivity contribution in [2.75, 3.05) is 5.32 Å². The highest BCUT2D eigenvalue weighted by atomic mass is 19.4. The molecule has 2 aromatic carbocycles. The van der Waals surface area contributed by atoms with Crippen molar-refractivity contribution in [2.24, 2.45) is 0 Å². The second kappa shape index (κ2) is 6.11. The van der Waals surface area contributed by atoms with Crippen molar-refractivity contribution in [3.05, 3.63) is 65.7 Å². The first-order valence-corrected chi connectivity index (χ1v) is 6.18. The third-order valence-corrected chi connectivity index (χ3v) is 2.90. The molecular weight excluding hydrogens is 289 g/mol. The van der Waals surface area contributed by atoms with E-state index < -0.39 is 30.3 Å². The maximum Gasteiger partial charge on any atom is 0.391 e. The topological polar surface area (TPSA) is 12.0 Å². The third-order valence-electron chi connectivity index (χ3n) is 2.90. The molecule has 0 aliphatic carbocycles. The van der Waals surface area contributed by atoms with Gasteiger partial charge in [0.2, 0.25) is 0 Å². The number of nitrogens with one attached hydrogen (secondary N) is 1. The molecule has 0 spiro atoms. The Morgan fingerprint density at radius 1 is 0.952 bits per heavy atom. The molecular formula is C15H12F5N. The van der Waals surface area contributed by atoms with Crippen LogP contribution in [0, 0.1) is 11.6 Å². The van der Waals surface area contributed by atoms with Gasteiger partial charge in [0.25, 0.3) is 0 Å². The number of hydrogen-bond acceptors (Lipinski definition) is 1. The first-order chi connectivity index (χ1) is 9.85. The summed E-state index contributed by atoms with van der Waals surface area (Å²) < 4.78 is 64.4. The molecule has 1 unspecified atom stereocenters. The van der Waals surface area contributed by atoms with Crippen LogP contribution >= 0.6 is 0 Å². The lowest BCUT2D eigenvalue weighted by Gasteiger charge is -2.22. The molecule has 2 rings (SSSR count). The van der Waals surface area contributed by atoms with Gasteiger partial charge in [0.15, 0.2) is 0 Å². The summed E-state index contributed by atoms with van der Waals surface area (Å²) in [6.07, 6.45) is -5.57. The molecule has 0 radical (unpaired) electrons. The average molecular weight is 301 g/mol. The first kappa shape index (κ1) is 15.3. The van der Waals surface area contributed by atoms with Crippen molar-refractivity contribution in [1.29, 1.82) is 0 Å². The van der Waals surface area contributed by atoms with Gasteiger partial charge in [-0.25, -0.2) is 8.78 Å². The average Bonchev–Trinajstić information content (AvgIpc) is 2.40. The van der Waals surface area contributed by atoms with E-state index in [1.807, 2.05) is 0 Å². The zero-order valence-corrected chi connectivity index (χ0v) is 10.8. The van der Waals surface area contributed by atoms with E-state index in [9.17, 15) is 22.0 Å². The predicted octanol–water partition coefficient (Wildman–Crippen LogP) is 5.07. The molecule has 0 saturated heterocycles. The number of halogens is 5. The van der Waals surface area contributed by atoms with E-state index in [1.165, 1.54) is 12.1 Å². The highest BCUT2D eigenvalue weighted by Crippen LogP contribution is 2.32. The molecule has 0 aliphatic heterocycles. The van der Waals surface area contributed by atoms with E-state index >= 15 is 0 Å². The van der Waals surface area contributed by atoms with Crippen molar-refractivity contribution in [3.8, 4) is 0 Å². The fourth-order valence-electron chi connectivity index (χ4n) is 1.96. The fourth-order valence-corrected chi connectivity index (χ4v) is 1.96. The maximum atomic E-state index is 13.6. The lowest BCUT2D eigenvalue weighted by molar-refractivity contribution is -0.137. The summed E-state index contributed by atoms with van der Waals surface area (Å²) in [5.41, 5.74) is 0.202. The molecule has 0 saturated carbocycles. The zero-order valence-electron chi connectivity index (χ0n) is 10.8. The Morgan fingerprint density at radius 2 is 1.62 bits per heavy atom. The highest BCUT2D eigenvalue weighted by molar-refractivity contribution is 5.47. The second-order valence-electron chi connectivity index (χ2n) is 4.55. The standard InChI is InChI=1S/C15H12F5N/c16-11-6-7-13(12(17)8-11)21-14(9-15(18,19)20)10-4-2-1-3-5-10/h1-8,14,21H,9H2. The molecule has 1 N–H and O–H groups in total. The van der Waals surface area contributed by atoms with Crippen LogP contribution in [0.3, 0.4) is 0 Å². The molecule has 2 aromatic rings. The van der Waals surface area contributed by atoms with Gasteiger partial charge in [0.05, 0.1) is 18.2 Å². The van der Waals surface area contributed by atoms with Crippen LogP contribution < -0.4 is 5.32 Å². The zero-order chi connectivity index (χ0) is 15.5. The lowest BCUT2D eigenvalue weighted by atomic mass is 10.0. The Morgan fingerprint density at radius 3 is 2.19 bits per heavy atom. The normalized spacial score (nSPS) is 13.0. The van der Waals surface area contributed by atoms with E-state index in [0.717, 1.165) is 12.1 Å². The van der Waals surface area contributed by atoms with Gasteiger partial charge < -0.3 is 5.32 Å². The molecule has 0 aliphatic rings. The summed E-state index contributed by atoms with van der Waals surface area (Å²) in [6.45, 7) is 0. The number of benzene rings is 2. The summed E-state index contributed by atoms with van der Waals surface area (Å²) in [6, 6.07) is 9.45. The van der Waals surface area contributed by atoms with Gasteiger partial charge in [-0.2, -0.15) is 13.2 Å². The Hall–Kier alpha value is -2.11. The van der Waals surface area contributed by atoms with Gasteiger partial charge in [0.1, 0.15) is 11.6 Å². The monoisotopic (exact) mass is 301 g/mol. The van der Waals surface area contributed by atoms with Crippen molar-refractivity contribution in [3.63, 3.8) is 0 Å². The molecule has 112 valence electrons. The number of anilines is 1. The van der Waals surface area contributed by atoms with E-state index in [0.29, 0.717) is 11.6 Å². The smallest absolute Gasteiger partial charge is 0.376 e. The molecule has 0 heterocycles. The molecule has 0 bridgehead atoms. The third kappa shape index (κ3) is 4.44. The van der Waals surface area contributed by atoms with Crippen LogP contribution in [0.5, 0.6) is 0 Å².